The number of imidazole rings is 1. The Morgan fingerprint density at radius 2 is 2.00 bits per heavy atom. The number of likely N-dealkylation sites (tertiary alicyclic amines) is 1. The van der Waals surface area contributed by atoms with E-state index in [1.54, 1.807) is 7.11 Å². The molecular weight excluding hydrogens is 498 g/mol. The molecule has 4 aliphatic rings. The van der Waals surface area contributed by atoms with Gasteiger partial charge in [-0.2, -0.15) is 0 Å². The van der Waals surface area contributed by atoms with E-state index in [0.29, 0.717) is 17.9 Å². The second kappa shape index (κ2) is 8.71. The number of hydrogen-bond donors (Lipinski definition) is 1. The van der Waals surface area contributed by atoms with Crippen LogP contribution in [0.25, 0.3) is 39.5 Å². The number of methoxy groups -OCH3 is 1. The number of allylic oxidation sites excluding steroid dienone is 1. The number of carbonyl (C=O) groups excluding carboxylic acids is 1. The molecule has 4 fully saturated rings. The lowest BCUT2D eigenvalue weighted by atomic mass is 9.57. The molecule has 1 amide bonds. The van der Waals surface area contributed by atoms with E-state index in [-0.39, 0.29) is 17.4 Å². The number of fused-ring (bicyclic) bond motifs is 3. The lowest BCUT2D eigenvalue weighted by Gasteiger charge is -2.64. The van der Waals surface area contributed by atoms with Crippen molar-refractivity contribution in [2.24, 2.45) is 30.0 Å². The minimum atomic E-state index is 0.0517. The summed E-state index contributed by atoms with van der Waals surface area (Å²) in [5.41, 5.74) is 12.2. The fourth-order valence-corrected chi connectivity index (χ4v) is 7.04. The summed E-state index contributed by atoms with van der Waals surface area (Å²) in [6.07, 6.45) is 12.0. The molecule has 2 aromatic carbocycles. The minimum absolute atomic E-state index is 0.0517. The van der Waals surface area contributed by atoms with E-state index in [4.69, 9.17) is 15.5 Å². The van der Waals surface area contributed by atoms with Gasteiger partial charge in [0.1, 0.15) is 11.3 Å². The highest BCUT2D eigenvalue weighted by atomic mass is 16.5. The van der Waals surface area contributed by atoms with E-state index in [1.165, 1.54) is 42.1 Å². The summed E-state index contributed by atoms with van der Waals surface area (Å²) in [7, 11) is 3.72. The van der Waals surface area contributed by atoms with E-state index in [9.17, 15) is 4.79 Å². The van der Waals surface area contributed by atoms with Crippen LogP contribution in [0.3, 0.4) is 0 Å². The summed E-state index contributed by atoms with van der Waals surface area (Å²) in [6, 6.07) is 13.2. The maximum absolute atomic E-state index is 13.6. The quantitative estimate of drug-likeness (QED) is 0.319. The van der Waals surface area contributed by atoms with Gasteiger partial charge in [0.2, 0.25) is 0 Å². The molecule has 2 aromatic heterocycles. The Hall–Kier alpha value is -3.58. The van der Waals surface area contributed by atoms with E-state index < -0.39 is 0 Å². The van der Waals surface area contributed by atoms with Crippen LogP contribution in [-0.4, -0.2) is 51.2 Å². The monoisotopic (exact) mass is 535 g/mol. The zero-order valence-corrected chi connectivity index (χ0v) is 23.4. The first-order valence-electron chi connectivity index (χ1n) is 14.9. The Bertz CT molecular complexity index is 1700. The van der Waals surface area contributed by atoms with Crippen LogP contribution in [0.5, 0.6) is 5.75 Å². The number of piperidine rings is 1. The van der Waals surface area contributed by atoms with E-state index in [1.807, 2.05) is 17.0 Å². The van der Waals surface area contributed by atoms with E-state index >= 15 is 0 Å². The van der Waals surface area contributed by atoms with Crippen LogP contribution >= 0.6 is 0 Å². The van der Waals surface area contributed by atoms with E-state index in [0.717, 1.165) is 60.3 Å². The van der Waals surface area contributed by atoms with Gasteiger partial charge in [0.25, 0.3) is 5.91 Å². The first kappa shape index (κ1) is 24.2. The van der Waals surface area contributed by atoms with Crippen molar-refractivity contribution in [1.82, 2.24) is 19.0 Å². The van der Waals surface area contributed by atoms with Crippen LogP contribution < -0.4 is 10.5 Å². The molecule has 0 spiro atoms. The molecule has 40 heavy (non-hydrogen) atoms. The number of ether oxygens (including phenoxy) is 1. The molecule has 1 saturated heterocycles. The zero-order chi connectivity index (χ0) is 27.2. The van der Waals surface area contributed by atoms with Gasteiger partial charge >= 0.3 is 0 Å². The topological polar surface area (TPSA) is 78.3 Å². The summed E-state index contributed by atoms with van der Waals surface area (Å²) >= 11 is 0. The maximum Gasteiger partial charge on any atom is 0.254 e. The number of nitrogens with two attached hydrogens (primary N) is 1. The number of rotatable bonds is 8. The average Bonchev–Trinajstić information content (AvgIpc) is 3.89. The first-order valence-corrected chi connectivity index (χ1v) is 14.9. The minimum Gasteiger partial charge on any atom is -0.494 e. The Balaban J connectivity index is 1.21. The van der Waals surface area contributed by atoms with Crippen molar-refractivity contribution in [2.45, 2.75) is 51.1 Å². The van der Waals surface area contributed by atoms with Crippen LogP contribution in [0.15, 0.2) is 42.5 Å². The van der Waals surface area contributed by atoms with Gasteiger partial charge in [0.05, 0.1) is 18.3 Å². The smallest absolute Gasteiger partial charge is 0.254 e. The second-order valence-electron chi connectivity index (χ2n) is 12.7. The van der Waals surface area contributed by atoms with Crippen molar-refractivity contribution in [3.63, 3.8) is 0 Å². The van der Waals surface area contributed by atoms with Gasteiger partial charge in [-0.3, -0.25) is 4.79 Å². The van der Waals surface area contributed by atoms with Crippen molar-refractivity contribution in [3.05, 3.63) is 53.6 Å². The number of aryl methyl sites for hydroxylation is 1. The molecule has 1 aliphatic heterocycles. The predicted octanol–water partition coefficient (Wildman–Crippen LogP) is 5.60. The third-order valence-electron chi connectivity index (χ3n) is 10.0. The molecule has 206 valence electrons. The molecule has 0 radical (unpaired) electrons. The zero-order valence-electron chi connectivity index (χ0n) is 23.4. The Morgan fingerprint density at radius 1 is 1.15 bits per heavy atom. The molecule has 3 heterocycles. The van der Waals surface area contributed by atoms with Gasteiger partial charge in [0, 0.05) is 54.6 Å². The normalized spacial score (nSPS) is 24.0. The molecule has 2 atom stereocenters. The van der Waals surface area contributed by atoms with Gasteiger partial charge < -0.3 is 24.5 Å². The second-order valence-corrected chi connectivity index (χ2v) is 12.7. The van der Waals surface area contributed by atoms with E-state index in [2.05, 4.69) is 52.6 Å². The summed E-state index contributed by atoms with van der Waals surface area (Å²) in [6.45, 7) is 2.40. The SMILES string of the molecule is COc1cc(C(=O)N2C[C@@]3(CN)CCC23)cc2nc(-c3cc4ccc(/C=C/C5CC5)cc4n3CC3CC3)n(C)c12. The lowest BCUT2D eigenvalue weighted by molar-refractivity contribution is -0.117. The highest BCUT2D eigenvalue weighted by Gasteiger charge is 2.59. The van der Waals surface area contributed by atoms with Gasteiger partial charge in [-0.15, -0.1) is 0 Å². The first-order chi connectivity index (χ1) is 19.5. The van der Waals surface area contributed by atoms with Gasteiger partial charge in [-0.05, 0) is 80.2 Å². The molecule has 2 N–H and O–H groups in total. The summed E-state index contributed by atoms with van der Waals surface area (Å²) in [4.78, 5) is 20.7. The summed E-state index contributed by atoms with van der Waals surface area (Å²) in [5, 5.41) is 1.23. The lowest BCUT2D eigenvalue weighted by Crippen LogP contribution is -2.74. The Kier molecular flexibility index (Phi) is 5.28. The van der Waals surface area contributed by atoms with Crippen LogP contribution in [-0.2, 0) is 13.6 Å². The van der Waals surface area contributed by atoms with Gasteiger partial charge in [-0.25, -0.2) is 4.98 Å². The molecule has 4 aromatic rings. The van der Waals surface area contributed by atoms with Crippen molar-refractivity contribution >= 4 is 33.9 Å². The number of benzene rings is 2. The van der Waals surface area contributed by atoms with Crippen LogP contribution in [0.2, 0.25) is 0 Å². The van der Waals surface area contributed by atoms with Crippen LogP contribution in [0, 0.1) is 17.3 Å². The standard InChI is InChI=1S/C33H37N5O2/c1-36-30-25(14-24(16-28(30)40-2)32(39)38-19-33(18-34)12-11-29(33)38)35-31(36)27-15-23-10-9-21(6-5-20-3-4-20)13-26(23)37(27)17-22-7-8-22/h5-6,9-10,13-16,20,22,29H,3-4,7-8,11-12,17-19,34H2,1-2H3/b6-5+/t29?,33-/m0/s1. The number of hydrogen-bond acceptors (Lipinski definition) is 4. The summed E-state index contributed by atoms with van der Waals surface area (Å²) < 4.78 is 10.4. The maximum atomic E-state index is 13.6. The highest BCUT2D eigenvalue weighted by molar-refractivity contribution is 6.01. The number of amides is 1. The van der Waals surface area contributed by atoms with Crippen LogP contribution in [0.4, 0.5) is 0 Å². The number of nitrogens with zero attached hydrogens (tertiary/aromatic N) is 4. The molecule has 7 nitrogen and oxygen atoms in total. The van der Waals surface area contributed by atoms with Crippen molar-refractivity contribution < 1.29 is 9.53 Å². The predicted molar refractivity (Wildman–Crippen MR) is 158 cm³/mol. The Morgan fingerprint density at radius 3 is 2.67 bits per heavy atom. The molecule has 3 saturated carbocycles. The molecule has 7 heteroatoms. The van der Waals surface area contributed by atoms with Crippen molar-refractivity contribution in [2.75, 3.05) is 20.2 Å². The fourth-order valence-electron chi connectivity index (χ4n) is 7.04. The third kappa shape index (κ3) is 3.66. The van der Waals surface area contributed by atoms with Gasteiger partial charge in [-0.1, -0.05) is 24.3 Å². The van der Waals surface area contributed by atoms with Crippen LogP contribution in [0.1, 0.15) is 54.4 Å². The summed E-state index contributed by atoms with van der Waals surface area (Å²) in [5.74, 6) is 3.11. The molecule has 8 rings (SSSR count). The molecule has 1 unspecified atom stereocenters. The third-order valence-corrected chi connectivity index (χ3v) is 10.0. The fraction of sp³-hybridized carbons (Fsp3) is 0.455. The highest BCUT2D eigenvalue weighted by Crippen LogP contribution is 2.53. The molecule has 0 bridgehead atoms. The molecular formula is C33H37N5O2. The largest absolute Gasteiger partial charge is 0.494 e. The molecule has 3 aliphatic carbocycles. The number of aromatic nitrogens is 3. The number of carbonyl (C=O) groups is 1. The Labute approximate surface area is 234 Å². The van der Waals surface area contributed by atoms with Crippen molar-refractivity contribution in [1.29, 1.82) is 0 Å². The van der Waals surface area contributed by atoms with Gasteiger partial charge in [0.15, 0.2) is 5.82 Å². The average molecular weight is 536 g/mol. The van der Waals surface area contributed by atoms with Crippen molar-refractivity contribution in [3.8, 4) is 17.3 Å².